The summed E-state index contributed by atoms with van der Waals surface area (Å²) in [5, 5.41) is 23.5. The zero-order chi connectivity index (χ0) is 14.5. The minimum atomic E-state index is -0.491. The van der Waals surface area contributed by atoms with Crippen LogP contribution in [-0.2, 0) is 0 Å². The number of phenols is 1. The van der Waals surface area contributed by atoms with Gasteiger partial charge in [-0.05, 0) is 25.0 Å². The lowest BCUT2D eigenvalue weighted by Crippen LogP contribution is -2.39. The normalized spacial score (nSPS) is 16.6. The molecule has 1 aliphatic rings. The summed E-state index contributed by atoms with van der Waals surface area (Å²) < 4.78 is 0. The lowest BCUT2D eigenvalue weighted by Gasteiger charge is -2.31. The number of hydrogen-bond donors (Lipinski definition) is 2. The molecule has 0 unspecified atom stereocenters. The molecule has 1 saturated heterocycles. The van der Waals surface area contributed by atoms with E-state index in [1.165, 1.54) is 6.07 Å². The van der Waals surface area contributed by atoms with Gasteiger partial charge in [-0.15, -0.1) is 6.42 Å². The van der Waals surface area contributed by atoms with E-state index in [4.69, 9.17) is 6.42 Å². The van der Waals surface area contributed by atoms with Gasteiger partial charge in [0, 0.05) is 19.1 Å². The first-order valence-electron chi connectivity index (χ1n) is 6.50. The lowest BCUT2D eigenvalue weighted by molar-refractivity contribution is -0.384. The fourth-order valence-electron chi connectivity index (χ4n) is 2.38. The molecule has 1 aromatic carbocycles. The Morgan fingerprint density at radius 1 is 1.50 bits per heavy atom. The maximum Gasteiger partial charge on any atom is 0.296 e. The average Bonchev–Trinajstić information content (AvgIpc) is 2.43. The molecule has 0 spiro atoms. The quantitative estimate of drug-likeness (QED) is 0.379. The van der Waals surface area contributed by atoms with Crippen LogP contribution in [0.3, 0.4) is 0 Å². The number of terminal acetylenes is 1. The molecular weight excluding hydrogens is 258 g/mol. The average molecular weight is 275 g/mol. The summed E-state index contributed by atoms with van der Waals surface area (Å²) in [6.07, 6.45) is 7.06. The molecular formula is C14H17N3O3. The highest BCUT2D eigenvalue weighted by Crippen LogP contribution is 2.30. The molecule has 6 nitrogen and oxygen atoms in total. The number of nitro groups is 1. The number of anilines is 1. The van der Waals surface area contributed by atoms with E-state index >= 15 is 0 Å². The van der Waals surface area contributed by atoms with Crippen molar-refractivity contribution in [2.24, 2.45) is 0 Å². The Morgan fingerprint density at radius 3 is 2.80 bits per heavy atom. The minimum Gasteiger partial charge on any atom is -0.508 e. The molecule has 2 N–H and O–H groups in total. The Morgan fingerprint density at radius 2 is 2.20 bits per heavy atom. The van der Waals surface area contributed by atoms with Gasteiger partial charge in [0.15, 0.2) is 0 Å². The first kappa shape index (κ1) is 14.2. The van der Waals surface area contributed by atoms with E-state index in [1.807, 2.05) is 0 Å². The van der Waals surface area contributed by atoms with Crippen LogP contribution in [0.1, 0.15) is 12.8 Å². The first-order chi connectivity index (χ1) is 9.60. The third-order valence-corrected chi connectivity index (χ3v) is 3.44. The summed E-state index contributed by atoms with van der Waals surface area (Å²) in [7, 11) is 0. The summed E-state index contributed by atoms with van der Waals surface area (Å²) in [6.45, 7) is 2.41. The Labute approximate surface area is 117 Å². The van der Waals surface area contributed by atoms with Crippen molar-refractivity contribution in [3.8, 4) is 18.1 Å². The van der Waals surface area contributed by atoms with Crippen molar-refractivity contribution in [1.29, 1.82) is 0 Å². The Hall–Kier alpha value is -2.26. The number of aromatic hydroxyl groups is 1. The smallest absolute Gasteiger partial charge is 0.296 e. The SMILES string of the molecule is C#CCN1CCC(Nc2ccc(O)cc2[N+](=O)[O-])CC1. The van der Waals surface area contributed by atoms with Gasteiger partial charge in [0.2, 0.25) is 0 Å². The molecule has 1 aliphatic heterocycles. The van der Waals surface area contributed by atoms with Gasteiger partial charge in [0.1, 0.15) is 11.4 Å². The Kier molecular flexibility index (Phi) is 4.43. The molecule has 0 atom stereocenters. The van der Waals surface area contributed by atoms with Crippen LogP contribution in [-0.4, -0.2) is 40.6 Å². The van der Waals surface area contributed by atoms with E-state index in [9.17, 15) is 15.2 Å². The highest BCUT2D eigenvalue weighted by molar-refractivity contribution is 5.64. The van der Waals surface area contributed by atoms with E-state index in [2.05, 4.69) is 16.1 Å². The van der Waals surface area contributed by atoms with E-state index < -0.39 is 4.92 Å². The highest BCUT2D eigenvalue weighted by Gasteiger charge is 2.22. The Bertz CT molecular complexity index is 531. The van der Waals surface area contributed by atoms with Crippen molar-refractivity contribution in [2.45, 2.75) is 18.9 Å². The van der Waals surface area contributed by atoms with E-state index in [-0.39, 0.29) is 17.5 Å². The summed E-state index contributed by atoms with van der Waals surface area (Å²) in [6, 6.07) is 4.34. The highest BCUT2D eigenvalue weighted by atomic mass is 16.6. The standard InChI is InChI=1S/C14H17N3O3/c1-2-7-16-8-5-11(6-9-16)15-13-4-3-12(18)10-14(13)17(19)20/h1,3-4,10-11,15,18H,5-9H2. The van der Waals surface area contributed by atoms with Crippen molar-refractivity contribution in [3.05, 3.63) is 28.3 Å². The van der Waals surface area contributed by atoms with Gasteiger partial charge in [-0.1, -0.05) is 5.92 Å². The third-order valence-electron chi connectivity index (χ3n) is 3.44. The van der Waals surface area contributed by atoms with Gasteiger partial charge in [-0.2, -0.15) is 0 Å². The molecule has 1 aromatic rings. The van der Waals surface area contributed by atoms with Crippen molar-refractivity contribution < 1.29 is 10.0 Å². The predicted octanol–water partition coefficient (Wildman–Crippen LogP) is 1.81. The van der Waals surface area contributed by atoms with Crippen molar-refractivity contribution in [2.75, 3.05) is 25.0 Å². The Balaban J connectivity index is 2.01. The summed E-state index contributed by atoms with van der Waals surface area (Å²) >= 11 is 0. The molecule has 0 radical (unpaired) electrons. The van der Waals surface area contributed by atoms with Crippen molar-refractivity contribution >= 4 is 11.4 Å². The van der Waals surface area contributed by atoms with Crippen LogP contribution in [0.25, 0.3) is 0 Å². The molecule has 0 bridgehead atoms. The largest absolute Gasteiger partial charge is 0.508 e. The van der Waals surface area contributed by atoms with Crippen LogP contribution < -0.4 is 5.32 Å². The third kappa shape index (κ3) is 3.39. The topological polar surface area (TPSA) is 78.6 Å². The molecule has 6 heteroatoms. The van der Waals surface area contributed by atoms with Crippen molar-refractivity contribution in [3.63, 3.8) is 0 Å². The van der Waals surface area contributed by atoms with Crippen LogP contribution in [0.15, 0.2) is 18.2 Å². The molecule has 1 fully saturated rings. The van der Waals surface area contributed by atoms with Crippen LogP contribution in [0.2, 0.25) is 0 Å². The number of nitro benzene ring substituents is 1. The van der Waals surface area contributed by atoms with Crippen LogP contribution in [0.5, 0.6) is 5.75 Å². The molecule has 1 heterocycles. The van der Waals surface area contributed by atoms with Gasteiger partial charge < -0.3 is 10.4 Å². The van der Waals surface area contributed by atoms with Crippen molar-refractivity contribution in [1.82, 2.24) is 4.90 Å². The molecule has 106 valence electrons. The second-order valence-electron chi connectivity index (χ2n) is 4.86. The number of likely N-dealkylation sites (tertiary alicyclic amines) is 1. The van der Waals surface area contributed by atoms with Gasteiger partial charge in [-0.3, -0.25) is 15.0 Å². The van der Waals surface area contributed by atoms with Crippen LogP contribution >= 0.6 is 0 Å². The molecule has 0 saturated carbocycles. The molecule has 20 heavy (non-hydrogen) atoms. The summed E-state index contributed by atoms with van der Waals surface area (Å²) in [5.74, 6) is 2.52. The molecule has 0 aromatic heterocycles. The van der Waals surface area contributed by atoms with E-state index in [0.717, 1.165) is 32.0 Å². The van der Waals surface area contributed by atoms with Gasteiger partial charge >= 0.3 is 0 Å². The van der Waals surface area contributed by atoms with E-state index in [1.54, 1.807) is 6.07 Å². The lowest BCUT2D eigenvalue weighted by atomic mass is 10.0. The predicted molar refractivity (Wildman–Crippen MR) is 76.7 cm³/mol. The first-order valence-corrected chi connectivity index (χ1v) is 6.50. The molecule has 0 aliphatic carbocycles. The fraction of sp³-hybridized carbons (Fsp3) is 0.429. The second kappa shape index (κ2) is 6.26. The van der Waals surface area contributed by atoms with Gasteiger partial charge in [-0.25, -0.2) is 0 Å². The number of hydrogen-bond acceptors (Lipinski definition) is 5. The summed E-state index contributed by atoms with van der Waals surface area (Å²) in [4.78, 5) is 12.7. The minimum absolute atomic E-state index is 0.101. The summed E-state index contributed by atoms with van der Waals surface area (Å²) in [5.41, 5.74) is 0.347. The maximum absolute atomic E-state index is 11.0. The van der Waals surface area contributed by atoms with E-state index in [0.29, 0.717) is 12.2 Å². The van der Waals surface area contributed by atoms with Gasteiger partial charge in [0.25, 0.3) is 5.69 Å². The van der Waals surface area contributed by atoms with Crippen LogP contribution in [0.4, 0.5) is 11.4 Å². The number of piperidine rings is 1. The molecule has 0 amide bonds. The maximum atomic E-state index is 11.0. The number of benzene rings is 1. The molecule has 2 rings (SSSR count). The number of nitrogens with one attached hydrogen (secondary N) is 1. The van der Waals surface area contributed by atoms with Gasteiger partial charge in [0.05, 0.1) is 17.5 Å². The number of rotatable bonds is 4. The number of phenolic OH excluding ortho intramolecular Hbond substituents is 1. The fourth-order valence-corrected chi connectivity index (χ4v) is 2.38. The number of nitrogens with zero attached hydrogens (tertiary/aromatic N) is 2. The second-order valence-corrected chi connectivity index (χ2v) is 4.86. The zero-order valence-corrected chi connectivity index (χ0v) is 11.1. The van der Waals surface area contributed by atoms with Crippen LogP contribution in [0, 0.1) is 22.5 Å². The zero-order valence-electron chi connectivity index (χ0n) is 11.1. The monoisotopic (exact) mass is 275 g/mol.